The molecular weight excluding hydrogens is 374 g/mol. The van der Waals surface area contributed by atoms with Crippen LogP contribution in [0.3, 0.4) is 0 Å². The molecule has 3 aromatic heterocycles. The van der Waals surface area contributed by atoms with Gasteiger partial charge in [0.15, 0.2) is 11.5 Å². The minimum absolute atomic E-state index is 0.0647. The molecule has 1 aliphatic heterocycles. The highest BCUT2D eigenvalue weighted by molar-refractivity contribution is 6.83. The molecule has 3 aromatic rings. The van der Waals surface area contributed by atoms with Crippen molar-refractivity contribution >= 4 is 36.8 Å². The second-order valence-electron chi connectivity index (χ2n) is 7.98. The zero-order chi connectivity index (χ0) is 20.1. The number of amides is 1. The fourth-order valence-electron chi connectivity index (χ4n) is 2.99. The first kappa shape index (κ1) is 18.2. The molecule has 0 radical (unpaired) electrons. The molecule has 10 heteroatoms. The van der Waals surface area contributed by atoms with Crippen molar-refractivity contribution in [1.29, 1.82) is 0 Å². The number of carbonyl (C=O) groups is 1. The standard InChI is InChI=1S/C18H21N7O2Si/c1-23(18(26)27)13-9-24(10-13)16-17-22-20-11-25(17)14-7-12(5-6-28(2,3)4)8-19-15(14)21-16/h7-8,11,13H,9-10H2,1-4H3,(H,26,27). The van der Waals surface area contributed by atoms with E-state index in [1.807, 2.05) is 15.4 Å². The fraction of sp³-hybridized carbons (Fsp3) is 0.389. The number of hydrogen-bond donors (Lipinski definition) is 1. The topological polar surface area (TPSA) is 99.8 Å². The van der Waals surface area contributed by atoms with Crippen LogP contribution in [0.1, 0.15) is 5.56 Å². The van der Waals surface area contributed by atoms with Gasteiger partial charge in [0.25, 0.3) is 0 Å². The molecule has 0 aliphatic carbocycles. The number of fused-ring (bicyclic) bond motifs is 3. The van der Waals surface area contributed by atoms with E-state index in [4.69, 9.17) is 5.11 Å². The van der Waals surface area contributed by atoms with E-state index >= 15 is 0 Å². The molecule has 0 atom stereocenters. The molecule has 1 saturated heterocycles. The van der Waals surface area contributed by atoms with Crippen molar-refractivity contribution in [2.24, 2.45) is 0 Å². The molecule has 144 valence electrons. The summed E-state index contributed by atoms with van der Waals surface area (Å²) in [6.45, 7) is 7.71. The lowest BCUT2D eigenvalue weighted by Gasteiger charge is -2.43. The number of pyridine rings is 1. The lowest BCUT2D eigenvalue weighted by atomic mass is 10.1. The Labute approximate surface area is 163 Å². The van der Waals surface area contributed by atoms with Gasteiger partial charge in [-0.05, 0) is 6.07 Å². The van der Waals surface area contributed by atoms with Crippen LogP contribution in [0, 0.1) is 11.5 Å². The first-order chi connectivity index (χ1) is 13.2. The average Bonchev–Trinajstić information content (AvgIpc) is 3.08. The van der Waals surface area contributed by atoms with E-state index in [2.05, 4.69) is 51.3 Å². The molecule has 4 rings (SSSR count). The molecule has 4 heterocycles. The van der Waals surface area contributed by atoms with Crippen LogP contribution in [0.25, 0.3) is 16.8 Å². The summed E-state index contributed by atoms with van der Waals surface area (Å²) < 4.78 is 1.86. The van der Waals surface area contributed by atoms with E-state index < -0.39 is 14.2 Å². The van der Waals surface area contributed by atoms with E-state index in [1.54, 1.807) is 19.6 Å². The summed E-state index contributed by atoms with van der Waals surface area (Å²) >= 11 is 0. The molecular formula is C18H21N7O2Si. The van der Waals surface area contributed by atoms with Gasteiger partial charge in [-0.25, -0.2) is 14.8 Å². The summed E-state index contributed by atoms with van der Waals surface area (Å²) in [6.07, 6.45) is 2.44. The lowest BCUT2D eigenvalue weighted by Crippen LogP contribution is -2.60. The Morgan fingerprint density at radius 3 is 2.79 bits per heavy atom. The molecule has 0 bridgehead atoms. The van der Waals surface area contributed by atoms with Crippen LogP contribution in [0.4, 0.5) is 10.6 Å². The van der Waals surface area contributed by atoms with E-state index in [0.717, 1.165) is 11.1 Å². The third-order valence-electron chi connectivity index (χ3n) is 4.66. The van der Waals surface area contributed by atoms with Gasteiger partial charge in [0, 0.05) is 31.9 Å². The van der Waals surface area contributed by atoms with Crippen LogP contribution in [0.5, 0.6) is 0 Å². The summed E-state index contributed by atoms with van der Waals surface area (Å²) in [4.78, 5) is 23.6. The van der Waals surface area contributed by atoms with Crippen LogP contribution >= 0.6 is 0 Å². The molecule has 9 nitrogen and oxygen atoms in total. The van der Waals surface area contributed by atoms with Gasteiger partial charge in [-0.2, -0.15) is 0 Å². The van der Waals surface area contributed by atoms with Crippen molar-refractivity contribution in [2.75, 3.05) is 25.0 Å². The van der Waals surface area contributed by atoms with Crippen LogP contribution in [0.15, 0.2) is 18.6 Å². The van der Waals surface area contributed by atoms with Crippen molar-refractivity contribution in [3.8, 4) is 11.5 Å². The minimum atomic E-state index is -1.48. The van der Waals surface area contributed by atoms with E-state index in [1.165, 1.54) is 4.90 Å². The van der Waals surface area contributed by atoms with E-state index in [0.29, 0.717) is 30.2 Å². The third kappa shape index (κ3) is 3.25. The van der Waals surface area contributed by atoms with Crippen molar-refractivity contribution in [3.05, 3.63) is 24.2 Å². The Hall–Kier alpha value is -3.19. The normalized spacial score (nSPS) is 14.6. The summed E-state index contributed by atoms with van der Waals surface area (Å²) in [5.74, 6) is 3.88. The van der Waals surface area contributed by atoms with Gasteiger partial charge >= 0.3 is 6.09 Å². The van der Waals surface area contributed by atoms with Gasteiger partial charge in [-0.15, -0.1) is 15.7 Å². The van der Waals surface area contributed by atoms with E-state index in [-0.39, 0.29) is 6.04 Å². The Balaban J connectivity index is 1.71. The van der Waals surface area contributed by atoms with Crippen LogP contribution in [-0.4, -0.2) is 74.9 Å². The highest BCUT2D eigenvalue weighted by atomic mass is 28.3. The fourth-order valence-corrected chi connectivity index (χ4v) is 3.51. The molecule has 1 fully saturated rings. The predicted octanol–water partition coefficient (Wildman–Crippen LogP) is 1.70. The number of hydrogen-bond acceptors (Lipinski definition) is 6. The van der Waals surface area contributed by atoms with Crippen LogP contribution < -0.4 is 4.90 Å². The highest BCUT2D eigenvalue weighted by Gasteiger charge is 2.35. The number of likely N-dealkylation sites (N-methyl/N-ethyl adjacent to an activating group) is 1. The van der Waals surface area contributed by atoms with Gasteiger partial charge in [-0.3, -0.25) is 4.40 Å². The summed E-state index contributed by atoms with van der Waals surface area (Å²) in [6, 6.07) is 1.89. The van der Waals surface area contributed by atoms with Gasteiger partial charge in [-0.1, -0.05) is 25.6 Å². The molecule has 28 heavy (non-hydrogen) atoms. The molecule has 0 aromatic carbocycles. The zero-order valence-corrected chi connectivity index (χ0v) is 17.2. The second-order valence-corrected chi connectivity index (χ2v) is 12.7. The van der Waals surface area contributed by atoms with Crippen LogP contribution in [-0.2, 0) is 0 Å². The molecule has 1 N–H and O–H groups in total. The van der Waals surface area contributed by atoms with Gasteiger partial charge in [0.1, 0.15) is 14.4 Å². The largest absolute Gasteiger partial charge is 0.465 e. The van der Waals surface area contributed by atoms with E-state index in [9.17, 15) is 4.79 Å². The molecule has 1 aliphatic rings. The van der Waals surface area contributed by atoms with Gasteiger partial charge in [0.2, 0.25) is 5.65 Å². The van der Waals surface area contributed by atoms with Gasteiger partial charge < -0.3 is 14.9 Å². The number of aromatic nitrogens is 5. The molecule has 0 saturated carbocycles. The maximum absolute atomic E-state index is 11.1. The predicted molar refractivity (Wildman–Crippen MR) is 108 cm³/mol. The number of carboxylic acid groups (broad SMARTS) is 1. The quantitative estimate of drug-likeness (QED) is 0.521. The molecule has 1 amide bonds. The molecule has 0 unspecified atom stereocenters. The van der Waals surface area contributed by atoms with Crippen molar-refractivity contribution < 1.29 is 9.90 Å². The Kier molecular flexibility index (Phi) is 4.19. The summed E-state index contributed by atoms with van der Waals surface area (Å²) in [5, 5.41) is 17.4. The average molecular weight is 395 g/mol. The summed E-state index contributed by atoms with van der Waals surface area (Å²) in [5.41, 5.74) is 6.19. The summed E-state index contributed by atoms with van der Waals surface area (Å²) in [7, 11) is 0.0970. The third-order valence-corrected chi connectivity index (χ3v) is 5.53. The Bertz CT molecular complexity index is 1140. The number of anilines is 1. The second kappa shape index (κ2) is 6.45. The smallest absolute Gasteiger partial charge is 0.407 e. The monoisotopic (exact) mass is 395 g/mol. The Morgan fingerprint density at radius 1 is 1.36 bits per heavy atom. The number of nitrogens with zero attached hydrogens (tertiary/aromatic N) is 7. The van der Waals surface area contributed by atoms with Gasteiger partial charge in [0.05, 0.1) is 11.6 Å². The lowest BCUT2D eigenvalue weighted by molar-refractivity contribution is 0.130. The first-order valence-corrected chi connectivity index (χ1v) is 12.5. The van der Waals surface area contributed by atoms with Crippen molar-refractivity contribution in [1.82, 2.24) is 29.5 Å². The van der Waals surface area contributed by atoms with Crippen molar-refractivity contribution in [2.45, 2.75) is 25.7 Å². The first-order valence-electron chi connectivity index (χ1n) is 8.96. The molecule has 0 spiro atoms. The SMILES string of the molecule is CN(C(=O)O)C1CN(c2nc3ncc(C#C[Si](C)(C)C)cc3n3cnnc23)C1. The zero-order valence-electron chi connectivity index (χ0n) is 16.2. The maximum atomic E-state index is 11.1. The maximum Gasteiger partial charge on any atom is 0.407 e. The van der Waals surface area contributed by atoms with Crippen molar-refractivity contribution in [3.63, 3.8) is 0 Å². The van der Waals surface area contributed by atoms with Crippen LogP contribution in [0.2, 0.25) is 19.6 Å². The highest BCUT2D eigenvalue weighted by Crippen LogP contribution is 2.27. The minimum Gasteiger partial charge on any atom is -0.465 e. The number of rotatable bonds is 2. The Morgan fingerprint density at radius 2 is 2.11 bits per heavy atom.